The molecule has 3 saturated heterocycles. The second-order valence-electron chi connectivity index (χ2n) is 18.0. The first kappa shape index (κ1) is 47.4. The van der Waals surface area contributed by atoms with Crippen molar-refractivity contribution in [1.29, 1.82) is 0 Å². The van der Waals surface area contributed by atoms with Crippen LogP contribution in [0.5, 0.6) is 0 Å². The van der Waals surface area contributed by atoms with E-state index < -0.39 is 71.5 Å². The molecule has 16 nitrogen and oxygen atoms in total. The molecule has 1 unspecified atom stereocenters. The summed E-state index contributed by atoms with van der Waals surface area (Å²) in [6.07, 6.45) is 1.00. The number of benzene rings is 1. The number of amides is 1. The minimum absolute atomic E-state index is 0.0130. The predicted octanol–water partition coefficient (Wildman–Crippen LogP) is 4.67. The lowest BCUT2D eigenvalue weighted by molar-refractivity contribution is -0.298. The Kier molecular flexibility index (Phi) is 15.8. The van der Waals surface area contributed by atoms with Crippen molar-refractivity contribution in [1.82, 2.24) is 30.1 Å². The van der Waals surface area contributed by atoms with E-state index >= 15 is 0 Å². The van der Waals surface area contributed by atoms with Gasteiger partial charge in [-0.3, -0.25) is 19.2 Å². The number of cyclic esters (lactones) is 1. The third kappa shape index (κ3) is 10.3. The molecular weight excluding hydrogens is 771 g/mol. The number of methoxy groups -OCH3 is 1. The summed E-state index contributed by atoms with van der Waals surface area (Å²) in [6, 6.07) is 6.46. The van der Waals surface area contributed by atoms with Gasteiger partial charge in [0.15, 0.2) is 17.7 Å². The smallest absolute Gasteiger partial charge is 0.410 e. The first-order chi connectivity index (χ1) is 28.4. The van der Waals surface area contributed by atoms with Crippen LogP contribution in [-0.2, 0) is 39.8 Å². The van der Waals surface area contributed by atoms with Crippen LogP contribution >= 0.6 is 0 Å². The van der Waals surface area contributed by atoms with Gasteiger partial charge in [-0.15, -0.1) is 5.10 Å². The van der Waals surface area contributed by atoms with Crippen molar-refractivity contribution < 1.29 is 43.2 Å². The number of aryl methyl sites for hydroxylation is 1. The van der Waals surface area contributed by atoms with E-state index in [9.17, 15) is 19.5 Å². The van der Waals surface area contributed by atoms with Gasteiger partial charge in [-0.05, 0) is 105 Å². The number of aliphatic hydroxyl groups is 1. The van der Waals surface area contributed by atoms with Gasteiger partial charge in [0.05, 0.1) is 30.0 Å². The number of ketones is 1. The summed E-state index contributed by atoms with van der Waals surface area (Å²) in [5.74, 6) is -3.16. The molecule has 2 aromatic rings. The molecule has 1 amide bonds. The molecule has 0 radical (unpaired) electrons. The number of hydrogen-bond donors (Lipinski definition) is 3. The Hall–Kier alpha value is -3.67. The zero-order valence-electron chi connectivity index (χ0n) is 37.6. The molecule has 13 atom stereocenters. The molecule has 3 aliphatic heterocycles. The van der Waals surface area contributed by atoms with Crippen molar-refractivity contribution in [2.24, 2.45) is 17.8 Å². The molecular formula is C44H71N7O9. The molecule has 0 aliphatic carbocycles. The molecule has 0 saturated carbocycles. The highest BCUT2D eigenvalue weighted by molar-refractivity contribution is 6.00. The number of Topliss-reactive ketones (excluding diaryl/α,β-unsaturated/α-hetero) is 1. The molecule has 3 aliphatic rings. The highest BCUT2D eigenvalue weighted by Crippen LogP contribution is 2.40. The summed E-state index contributed by atoms with van der Waals surface area (Å²) in [5.41, 5.74) is 5.95. The number of rotatable bonds is 12. The van der Waals surface area contributed by atoms with E-state index in [1.54, 1.807) is 30.5 Å². The first-order valence-electron chi connectivity index (χ1n) is 21.8. The van der Waals surface area contributed by atoms with E-state index in [0.717, 1.165) is 17.7 Å². The minimum atomic E-state index is -1.23. The van der Waals surface area contributed by atoms with Crippen molar-refractivity contribution in [3.8, 4) is 11.3 Å². The number of anilines is 1. The molecule has 4 N–H and O–H groups in total. The van der Waals surface area contributed by atoms with Crippen LogP contribution in [-0.4, -0.2) is 142 Å². The maximum atomic E-state index is 14.4. The molecule has 1 aromatic carbocycles. The third-order valence-corrected chi connectivity index (χ3v) is 13.2. The van der Waals surface area contributed by atoms with E-state index in [1.165, 1.54) is 0 Å². The number of fused-ring (bicyclic) bond motifs is 1. The van der Waals surface area contributed by atoms with Crippen LogP contribution in [0.25, 0.3) is 11.3 Å². The zero-order chi connectivity index (χ0) is 44.1. The number of nitrogens with one attached hydrogen (secondary N) is 1. The second-order valence-corrected chi connectivity index (χ2v) is 18.0. The zero-order valence-corrected chi connectivity index (χ0v) is 37.6. The molecule has 3 fully saturated rings. The number of ether oxygens (including phenoxy) is 5. The molecule has 0 bridgehead atoms. The molecule has 5 rings (SSSR count). The number of hydrogen-bond acceptors (Lipinski definition) is 14. The molecule has 1 aromatic heterocycles. The van der Waals surface area contributed by atoms with Gasteiger partial charge in [-0.25, -0.2) is 4.79 Å². The number of likely N-dealkylation sites (N-methyl/N-ethyl adjacent to an activating group) is 1. The fraction of sp³-hybridized carbons (Fsp3) is 0.750. The molecule has 60 heavy (non-hydrogen) atoms. The number of unbranched alkanes of at least 4 members (excludes halogenated alkanes) is 1. The lowest BCUT2D eigenvalue weighted by Crippen LogP contribution is -2.61. The van der Waals surface area contributed by atoms with Gasteiger partial charge >= 0.3 is 12.1 Å². The monoisotopic (exact) mass is 842 g/mol. The van der Waals surface area contributed by atoms with Gasteiger partial charge in [-0.2, -0.15) is 0 Å². The standard InChI is InChI=1S/C44H71N7O9/c1-12-32-22-34(49(9)10)37(53)41(57-32)59-39-27(4)36(52)28(5)40(54)58-35(13-2)44(8)38(29(6)46-24-26(3)23-43(39,7)56-11)51(42(55)60-44)20-15-14-19-50-25-33(47-48-50)30-17-16-18-31(45)21-30/h16-18,21,25-29,32,34-35,37-39,41,46,53H,12-15,19-20,22-24,45H2,1-11H3/t26-,27-,28-,29-,32-,34+,35-,37-,38-,39+,41?,43-,44-/m1/s1. The van der Waals surface area contributed by atoms with E-state index in [-0.39, 0.29) is 24.1 Å². The number of carbonyl (C=O) groups excluding carboxylic acids is 3. The number of nitrogens with zero attached hydrogens (tertiary/aromatic N) is 5. The Balaban J connectivity index is 1.38. The Morgan fingerprint density at radius 3 is 2.43 bits per heavy atom. The summed E-state index contributed by atoms with van der Waals surface area (Å²) in [5, 5.41) is 23.8. The topological polar surface area (TPSA) is 193 Å². The highest BCUT2D eigenvalue weighted by atomic mass is 16.7. The lowest BCUT2D eigenvalue weighted by Gasteiger charge is -2.47. The molecule has 16 heteroatoms. The second kappa shape index (κ2) is 20.0. The summed E-state index contributed by atoms with van der Waals surface area (Å²) >= 11 is 0. The van der Waals surface area contributed by atoms with Crippen LogP contribution in [0.4, 0.5) is 10.5 Å². The van der Waals surface area contributed by atoms with Crippen molar-refractivity contribution in [2.45, 2.75) is 160 Å². The van der Waals surface area contributed by atoms with Crippen molar-refractivity contribution in [3.63, 3.8) is 0 Å². The fourth-order valence-corrected chi connectivity index (χ4v) is 9.61. The maximum Gasteiger partial charge on any atom is 0.410 e. The van der Waals surface area contributed by atoms with Crippen molar-refractivity contribution in [2.75, 3.05) is 40.0 Å². The number of esters is 1. The predicted molar refractivity (Wildman–Crippen MR) is 227 cm³/mol. The van der Waals surface area contributed by atoms with Crippen LogP contribution in [0, 0.1) is 17.8 Å². The average molecular weight is 842 g/mol. The minimum Gasteiger partial charge on any atom is -0.458 e. The van der Waals surface area contributed by atoms with Crippen molar-refractivity contribution in [3.05, 3.63) is 30.5 Å². The van der Waals surface area contributed by atoms with E-state index in [1.807, 2.05) is 84.1 Å². The largest absolute Gasteiger partial charge is 0.458 e. The van der Waals surface area contributed by atoms with Crippen molar-refractivity contribution >= 4 is 23.5 Å². The summed E-state index contributed by atoms with van der Waals surface area (Å²) in [4.78, 5) is 46.0. The highest BCUT2D eigenvalue weighted by Gasteiger charge is 2.58. The Labute approximate surface area is 356 Å². The fourth-order valence-electron chi connectivity index (χ4n) is 9.61. The van der Waals surface area contributed by atoms with Crippen LogP contribution in [0.2, 0.25) is 0 Å². The Morgan fingerprint density at radius 2 is 1.78 bits per heavy atom. The Bertz CT molecular complexity index is 1760. The molecule has 336 valence electrons. The third-order valence-electron chi connectivity index (χ3n) is 13.2. The summed E-state index contributed by atoms with van der Waals surface area (Å²) in [7, 11) is 5.43. The summed E-state index contributed by atoms with van der Waals surface area (Å²) in [6.45, 7) is 16.6. The van der Waals surface area contributed by atoms with Gasteiger partial charge in [0.2, 0.25) is 0 Å². The SMILES string of the molecule is CC[C@@H]1C[C@H](N(C)C)[C@@H](O)C(O[C@H]2[C@H](C)C(=O)[C@@H](C)C(=O)O[C@H](CC)[C@@]3(C)OC(=O)N(CCCCn4cc(-c5cccc(N)c5)nn4)[C@@H]3[C@@H](C)NC[C@H](C)C[C@@]2(C)OC)O1. The number of carbonyl (C=O) groups is 3. The van der Waals surface area contributed by atoms with Crippen LogP contribution in [0.1, 0.15) is 93.9 Å². The van der Waals surface area contributed by atoms with Gasteiger partial charge in [0.1, 0.15) is 23.8 Å². The van der Waals surface area contributed by atoms with E-state index in [2.05, 4.69) is 22.6 Å². The molecule has 0 spiro atoms. The average Bonchev–Trinajstić information content (AvgIpc) is 3.80. The van der Waals surface area contributed by atoms with Crippen LogP contribution in [0.3, 0.4) is 0 Å². The number of nitrogens with two attached hydrogens (primary N) is 1. The first-order valence-corrected chi connectivity index (χ1v) is 21.8. The quantitative estimate of drug-likeness (QED) is 0.116. The van der Waals surface area contributed by atoms with Crippen LogP contribution < -0.4 is 11.1 Å². The Morgan fingerprint density at radius 1 is 1.07 bits per heavy atom. The summed E-state index contributed by atoms with van der Waals surface area (Å²) < 4.78 is 33.5. The van der Waals surface area contributed by atoms with Gasteiger partial charge in [0, 0.05) is 49.5 Å². The van der Waals surface area contributed by atoms with Gasteiger partial charge < -0.3 is 44.7 Å². The number of aromatic nitrogens is 3. The normalized spacial score (nSPS) is 36.0. The number of nitrogen functional groups attached to an aromatic ring is 1. The lowest BCUT2D eigenvalue weighted by atomic mass is 9.78. The van der Waals surface area contributed by atoms with E-state index in [4.69, 9.17) is 29.4 Å². The van der Waals surface area contributed by atoms with E-state index in [0.29, 0.717) is 57.4 Å². The van der Waals surface area contributed by atoms with Crippen LogP contribution in [0.15, 0.2) is 30.5 Å². The van der Waals surface area contributed by atoms with Gasteiger partial charge in [0.25, 0.3) is 0 Å². The van der Waals surface area contributed by atoms with Gasteiger partial charge in [-0.1, -0.05) is 45.0 Å². The molecule has 4 heterocycles. The number of aliphatic hydroxyl groups excluding tert-OH is 1. The maximum absolute atomic E-state index is 14.4.